The fourth-order valence-electron chi connectivity index (χ4n) is 2.04. The normalized spacial score (nSPS) is 27.8. The van der Waals surface area contributed by atoms with Crippen molar-refractivity contribution >= 4 is 0 Å². The molecule has 2 rings (SSSR count). The molecule has 1 heterocycles. The van der Waals surface area contributed by atoms with E-state index in [4.69, 9.17) is 0 Å². The van der Waals surface area contributed by atoms with Gasteiger partial charge in [-0.05, 0) is 37.3 Å². The first-order chi connectivity index (χ1) is 6.36. The standard InChI is InChI=1S/C11H15NO/c13-11-6-3-4-9(11)8-10-5-1-2-7-12-10/h1-2,5,7,9,11,13H,3-4,6,8H2/t9-,11+/m0/s1. The summed E-state index contributed by atoms with van der Waals surface area (Å²) in [5, 5.41) is 9.62. The van der Waals surface area contributed by atoms with Gasteiger partial charge in [0.05, 0.1) is 6.10 Å². The first kappa shape index (κ1) is 8.70. The van der Waals surface area contributed by atoms with Crippen molar-refractivity contribution in [2.24, 2.45) is 5.92 Å². The number of pyridine rings is 1. The van der Waals surface area contributed by atoms with Crippen LogP contribution in [0.5, 0.6) is 0 Å². The maximum Gasteiger partial charge on any atom is 0.0572 e. The zero-order valence-corrected chi connectivity index (χ0v) is 7.69. The lowest BCUT2D eigenvalue weighted by atomic mass is 9.99. The maximum atomic E-state index is 9.62. The minimum atomic E-state index is -0.0954. The second-order valence-corrected chi connectivity index (χ2v) is 3.78. The number of hydrogen-bond acceptors (Lipinski definition) is 2. The maximum absolute atomic E-state index is 9.62. The second kappa shape index (κ2) is 3.88. The van der Waals surface area contributed by atoms with E-state index >= 15 is 0 Å². The molecule has 1 aromatic rings. The average Bonchev–Trinajstić information content (AvgIpc) is 2.54. The monoisotopic (exact) mass is 177 g/mol. The lowest BCUT2D eigenvalue weighted by Crippen LogP contribution is -2.15. The van der Waals surface area contributed by atoms with Gasteiger partial charge in [-0.25, -0.2) is 0 Å². The Labute approximate surface area is 78.6 Å². The third-order valence-electron chi connectivity index (χ3n) is 2.82. The highest BCUT2D eigenvalue weighted by Gasteiger charge is 2.25. The molecule has 70 valence electrons. The highest BCUT2D eigenvalue weighted by Crippen LogP contribution is 2.27. The largest absolute Gasteiger partial charge is 0.393 e. The van der Waals surface area contributed by atoms with Crippen LogP contribution in [-0.2, 0) is 6.42 Å². The van der Waals surface area contributed by atoms with Gasteiger partial charge in [0.2, 0.25) is 0 Å². The minimum absolute atomic E-state index is 0.0954. The van der Waals surface area contributed by atoms with Crippen molar-refractivity contribution in [1.82, 2.24) is 4.98 Å². The fourth-order valence-corrected chi connectivity index (χ4v) is 2.04. The fraction of sp³-hybridized carbons (Fsp3) is 0.545. The van der Waals surface area contributed by atoms with Crippen LogP contribution in [-0.4, -0.2) is 16.2 Å². The Kier molecular flexibility index (Phi) is 2.60. The van der Waals surface area contributed by atoms with Crippen molar-refractivity contribution in [3.63, 3.8) is 0 Å². The van der Waals surface area contributed by atoms with Gasteiger partial charge in [0.25, 0.3) is 0 Å². The molecule has 1 fully saturated rings. The Balaban J connectivity index is 1.98. The molecule has 2 atom stereocenters. The van der Waals surface area contributed by atoms with Gasteiger partial charge in [0.1, 0.15) is 0 Å². The van der Waals surface area contributed by atoms with E-state index < -0.39 is 0 Å². The highest BCUT2D eigenvalue weighted by molar-refractivity contribution is 5.05. The Morgan fingerprint density at radius 1 is 1.38 bits per heavy atom. The zero-order valence-electron chi connectivity index (χ0n) is 7.69. The van der Waals surface area contributed by atoms with Crippen LogP contribution in [0.3, 0.4) is 0 Å². The minimum Gasteiger partial charge on any atom is -0.393 e. The molecule has 1 aliphatic rings. The van der Waals surface area contributed by atoms with Crippen LogP contribution in [0.4, 0.5) is 0 Å². The van der Waals surface area contributed by atoms with Crippen molar-refractivity contribution in [3.8, 4) is 0 Å². The SMILES string of the molecule is O[C@@H]1CCC[C@H]1Cc1ccccn1. The van der Waals surface area contributed by atoms with E-state index in [0.717, 1.165) is 25.0 Å². The zero-order chi connectivity index (χ0) is 9.10. The molecule has 0 aromatic carbocycles. The molecule has 0 unspecified atom stereocenters. The van der Waals surface area contributed by atoms with Crippen molar-refractivity contribution in [1.29, 1.82) is 0 Å². The average molecular weight is 177 g/mol. The van der Waals surface area contributed by atoms with Crippen LogP contribution in [0.2, 0.25) is 0 Å². The van der Waals surface area contributed by atoms with Gasteiger partial charge in [-0.3, -0.25) is 4.98 Å². The van der Waals surface area contributed by atoms with E-state index in [1.807, 2.05) is 24.4 Å². The molecule has 1 aliphatic carbocycles. The summed E-state index contributed by atoms with van der Waals surface area (Å²) in [6, 6.07) is 5.96. The molecule has 0 radical (unpaired) electrons. The first-order valence-corrected chi connectivity index (χ1v) is 4.94. The van der Waals surface area contributed by atoms with E-state index in [1.165, 1.54) is 6.42 Å². The van der Waals surface area contributed by atoms with Crippen LogP contribution in [0.25, 0.3) is 0 Å². The van der Waals surface area contributed by atoms with Crippen molar-refractivity contribution in [2.45, 2.75) is 31.8 Å². The summed E-state index contributed by atoms with van der Waals surface area (Å²) in [5.74, 6) is 0.440. The van der Waals surface area contributed by atoms with Gasteiger partial charge in [-0.1, -0.05) is 12.5 Å². The van der Waals surface area contributed by atoms with Crippen LogP contribution in [0.15, 0.2) is 24.4 Å². The molecule has 1 saturated carbocycles. The van der Waals surface area contributed by atoms with E-state index in [2.05, 4.69) is 4.98 Å². The summed E-state index contributed by atoms with van der Waals surface area (Å²) in [5.41, 5.74) is 1.11. The van der Waals surface area contributed by atoms with Crippen molar-refractivity contribution in [2.75, 3.05) is 0 Å². The van der Waals surface area contributed by atoms with E-state index in [1.54, 1.807) is 0 Å². The molecule has 13 heavy (non-hydrogen) atoms. The highest BCUT2D eigenvalue weighted by atomic mass is 16.3. The van der Waals surface area contributed by atoms with Crippen LogP contribution in [0.1, 0.15) is 25.0 Å². The molecular weight excluding hydrogens is 162 g/mol. The van der Waals surface area contributed by atoms with Crippen molar-refractivity contribution in [3.05, 3.63) is 30.1 Å². The third-order valence-corrected chi connectivity index (χ3v) is 2.82. The number of nitrogens with zero attached hydrogens (tertiary/aromatic N) is 1. The van der Waals surface area contributed by atoms with Crippen LogP contribution >= 0.6 is 0 Å². The molecule has 1 N–H and O–H groups in total. The van der Waals surface area contributed by atoms with Gasteiger partial charge in [-0.15, -0.1) is 0 Å². The Morgan fingerprint density at radius 2 is 2.31 bits per heavy atom. The topological polar surface area (TPSA) is 33.1 Å². The predicted octanol–water partition coefficient (Wildman–Crippen LogP) is 1.79. The summed E-state index contributed by atoms with van der Waals surface area (Å²) >= 11 is 0. The van der Waals surface area contributed by atoms with Gasteiger partial charge >= 0.3 is 0 Å². The van der Waals surface area contributed by atoms with Gasteiger partial charge in [0.15, 0.2) is 0 Å². The first-order valence-electron chi connectivity index (χ1n) is 4.94. The Bertz CT molecular complexity index is 260. The molecule has 0 saturated heterocycles. The predicted molar refractivity (Wildman–Crippen MR) is 51.3 cm³/mol. The molecular formula is C11H15NO. The lowest BCUT2D eigenvalue weighted by molar-refractivity contribution is 0.132. The summed E-state index contributed by atoms with van der Waals surface area (Å²) in [7, 11) is 0. The summed E-state index contributed by atoms with van der Waals surface area (Å²) in [6.45, 7) is 0. The van der Waals surface area contributed by atoms with E-state index in [-0.39, 0.29) is 6.10 Å². The van der Waals surface area contributed by atoms with Gasteiger partial charge < -0.3 is 5.11 Å². The molecule has 1 aromatic heterocycles. The van der Waals surface area contributed by atoms with Gasteiger partial charge in [-0.2, -0.15) is 0 Å². The molecule has 0 amide bonds. The Morgan fingerprint density at radius 3 is 2.92 bits per heavy atom. The molecule has 2 heteroatoms. The molecule has 0 spiro atoms. The molecule has 0 bridgehead atoms. The molecule has 2 nitrogen and oxygen atoms in total. The number of aromatic nitrogens is 1. The number of hydrogen-bond donors (Lipinski definition) is 1. The summed E-state index contributed by atoms with van der Waals surface area (Å²) in [6.07, 6.45) is 5.94. The smallest absolute Gasteiger partial charge is 0.0572 e. The van der Waals surface area contributed by atoms with Crippen molar-refractivity contribution < 1.29 is 5.11 Å². The third kappa shape index (κ3) is 2.07. The number of aliphatic hydroxyl groups is 1. The summed E-state index contributed by atoms with van der Waals surface area (Å²) < 4.78 is 0. The molecule has 0 aliphatic heterocycles. The number of rotatable bonds is 2. The van der Waals surface area contributed by atoms with Crippen LogP contribution in [0, 0.1) is 5.92 Å². The van der Waals surface area contributed by atoms with Crippen LogP contribution < -0.4 is 0 Å². The van der Waals surface area contributed by atoms with Gasteiger partial charge in [0, 0.05) is 11.9 Å². The van der Waals surface area contributed by atoms with E-state index in [0.29, 0.717) is 5.92 Å². The summed E-state index contributed by atoms with van der Waals surface area (Å²) in [4.78, 5) is 4.27. The Hall–Kier alpha value is -0.890. The second-order valence-electron chi connectivity index (χ2n) is 3.78. The lowest BCUT2D eigenvalue weighted by Gasteiger charge is -2.12. The quantitative estimate of drug-likeness (QED) is 0.747. The van der Waals surface area contributed by atoms with E-state index in [9.17, 15) is 5.11 Å². The number of aliphatic hydroxyl groups excluding tert-OH is 1.